The van der Waals surface area contributed by atoms with Crippen LogP contribution in [-0.4, -0.2) is 72.0 Å². The number of carbonyl (C=O) groups excluding carboxylic acids is 3. The maximum absolute atomic E-state index is 14.0. The molecule has 2 saturated heterocycles. The Kier molecular flexibility index (Phi) is 9.79. The lowest BCUT2D eigenvalue weighted by Gasteiger charge is -2.48. The highest BCUT2D eigenvalue weighted by molar-refractivity contribution is 5.90. The van der Waals surface area contributed by atoms with Gasteiger partial charge in [-0.1, -0.05) is 31.4 Å². The summed E-state index contributed by atoms with van der Waals surface area (Å²) in [5, 5.41) is 12.9. The molecule has 1 aliphatic carbocycles. The van der Waals surface area contributed by atoms with Crippen molar-refractivity contribution in [3.8, 4) is 0 Å². The fourth-order valence-corrected chi connectivity index (χ4v) is 6.69. The molecule has 2 aliphatic heterocycles. The summed E-state index contributed by atoms with van der Waals surface area (Å²) < 4.78 is 13.6. The first-order chi connectivity index (χ1) is 19.3. The molecule has 1 aromatic carbocycles. The van der Waals surface area contributed by atoms with E-state index in [2.05, 4.69) is 35.1 Å². The summed E-state index contributed by atoms with van der Waals surface area (Å²) in [5.41, 5.74) is -0.144. The summed E-state index contributed by atoms with van der Waals surface area (Å²) >= 11 is 0. The highest BCUT2D eigenvalue weighted by atomic mass is 19.1. The van der Waals surface area contributed by atoms with Gasteiger partial charge in [-0.15, -0.1) is 0 Å². The Morgan fingerprint density at radius 1 is 1.05 bits per heavy atom. The number of carbonyl (C=O) groups is 3. The van der Waals surface area contributed by atoms with Gasteiger partial charge in [0.15, 0.2) is 0 Å². The Hall–Kier alpha value is -2.52. The minimum atomic E-state index is -0.782. The molecule has 2 atom stereocenters. The molecule has 1 saturated carbocycles. The van der Waals surface area contributed by atoms with Gasteiger partial charge in [-0.2, -0.15) is 0 Å². The quantitative estimate of drug-likeness (QED) is 0.402. The maximum Gasteiger partial charge on any atom is 0.245 e. The Morgan fingerprint density at radius 2 is 1.68 bits per heavy atom. The van der Waals surface area contributed by atoms with Gasteiger partial charge in [-0.25, -0.2) is 4.39 Å². The van der Waals surface area contributed by atoms with Crippen molar-refractivity contribution in [3.63, 3.8) is 0 Å². The molecule has 0 spiro atoms. The molecule has 2 heterocycles. The second kappa shape index (κ2) is 12.8. The van der Waals surface area contributed by atoms with E-state index in [1.54, 1.807) is 12.1 Å². The van der Waals surface area contributed by atoms with E-state index in [1.807, 2.05) is 25.7 Å². The van der Waals surface area contributed by atoms with Crippen LogP contribution in [0.25, 0.3) is 0 Å². The van der Waals surface area contributed by atoms with Crippen molar-refractivity contribution in [2.75, 3.05) is 26.2 Å². The summed E-state index contributed by atoms with van der Waals surface area (Å²) in [7, 11) is 0. The highest BCUT2D eigenvalue weighted by Crippen LogP contribution is 2.46. The Labute approximate surface area is 245 Å². The molecule has 1 aromatic rings. The van der Waals surface area contributed by atoms with Crippen molar-refractivity contribution in [3.05, 3.63) is 35.6 Å². The number of rotatable bonds is 7. The van der Waals surface area contributed by atoms with Crippen LogP contribution in [0.5, 0.6) is 0 Å². The lowest BCUT2D eigenvalue weighted by atomic mass is 9.63. The van der Waals surface area contributed by atoms with Crippen LogP contribution in [0.2, 0.25) is 0 Å². The molecule has 0 aromatic heterocycles. The van der Waals surface area contributed by atoms with Crippen molar-refractivity contribution in [2.45, 2.75) is 109 Å². The molecule has 3 fully saturated rings. The smallest absolute Gasteiger partial charge is 0.245 e. The van der Waals surface area contributed by atoms with Crippen molar-refractivity contribution in [1.82, 2.24) is 26.2 Å². The number of benzene rings is 1. The minimum absolute atomic E-state index is 0.110. The van der Waals surface area contributed by atoms with Gasteiger partial charge < -0.3 is 26.2 Å². The molecule has 228 valence electrons. The van der Waals surface area contributed by atoms with Crippen molar-refractivity contribution in [1.29, 1.82) is 0 Å². The van der Waals surface area contributed by atoms with Crippen LogP contribution in [0, 0.1) is 17.2 Å². The standard InChI is InChI=1S/C32H50FN5O3/c1-30(2,3)37-29(41)32(23-9-7-6-8-10-23)15-17-38(18-16-32)28(40)25(19-22-11-13-24(33)14-12-22)36-27(39)26-20-35-31(4,5)21-34-26/h11-14,23,25-26,34-35H,6-10,15-21H2,1-5H3,(H,36,39)(H,37,41)/t25-,26?/m1/s1. The molecule has 3 aliphatic rings. The number of hydrogen-bond donors (Lipinski definition) is 4. The number of nitrogens with zero attached hydrogens (tertiary/aromatic N) is 1. The van der Waals surface area contributed by atoms with Crippen LogP contribution in [0.4, 0.5) is 4.39 Å². The van der Waals surface area contributed by atoms with Gasteiger partial charge >= 0.3 is 0 Å². The van der Waals surface area contributed by atoms with Gasteiger partial charge in [0.1, 0.15) is 11.9 Å². The Morgan fingerprint density at radius 3 is 2.24 bits per heavy atom. The Balaban J connectivity index is 1.49. The van der Waals surface area contributed by atoms with Gasteiger partial charge in [0.2, 0.25) is 17.7 Å². The van der Waals surface area contributed by atoms with E-state index in [1.165, 1.54) is 18.6 Å². The summed E-state index contributed by atoms with van der Waals surface area (Å²) in [6.07, 6.45) is 7.10. The average molecular weight is 572 g/mol. The van der Waals surface area contributed by atoms with Gasteiger partial charge in [-0.05, 0) is 83.9 Å². The van der Waals surface area contributed by atoms with E-state index in [9.17, 15) is 18.8 Å². The lowest BCUT2D eigenvalue weighted by molar-refractivity contribution is -0.147. The second-order valence-corrected chi connectivity index (χ2v) is 14.1. The number of piperazine rings is 1. The minimum Gasteiger partial charge on any atom is -0.351 e. The fraction of sp³-hybridized carbons (Fsp3) is 0.719. The third-order valence-electron chi connectivity index (χ3n) is 9.15. The summed E-state index contributed by atoms with van der Waals surface area (Å²) in [5.74, 6) is -0.296. The van der Waals surface area contributed by atoms with Crippen LogP contribution in [0.1, 0.15) is 85.1 Å². The number of likely N-dealkylation sites (tertiary alicyclic amines) is 1. The highest BCUT2D eigenvalue weighted by Gasteiger charge is 2.49. The number of piperidine rings is 1. The lowest BCUT2D eigenvalue weighted by Crippen LogP contribution is -2.65. The zero-order valence-electron chi connectivity index (χ0n) is 25.6. The fourth-order valence-electron chi connectivity index (χ4n) is 6.69. The van der Waals surface area contributed by atoms with Crippen LogP contribution in [-0.2, 0) is 20.8 Å². The average Bonchev–Trinajstić information content (AvgIpc) is 2.93. The molecule has 0 bridgehead atoms. The molecule has 3 amide bonds. The molecule has 8 nitrogen and oxygen atoms in total. The van der Waals surface area contributed by atoms with Crippen molar-refractivity contribution in [2.24, 2.45) is 11.3 Å². The molecule has 4 N–H and O–H groups in total. The van der Waals surface area contributed by atoms with E-state index in [0.29, 0.717) is 44.9 Å². The summed E-state index contributed by atoms with van der Waals surface area (Å²) in [6.45, 7) is 12.2. The first kappa shape index (κ1) is 31.4. The number of hydrogen-bond acceptors (Lipinski definition) is 5. The number of amides is 3. The maximum atomic E-state index is 14.0. The first-order valence-corrected chi connectivity index (χ1v) is 15.4. The first-order valence-electron chi connectivity index (χ1n) is 15.4. The molecule has 41 heavy (non-hydrogen) atoms. The number of nitrogens with one attached hydrogen (secondary N) is 4. The van der Waals surface area contributed by atoms with E-state index in [-0.39, 0.29) is 41.0 Å². The number of halogens is 1. The normalized spacial score (nSPS) is 23.9. The largest absolute Gasteiger partial charge is 0.351 e. The monoisotopic (exact) mass is 571 g/mol. The topological polar surface area (TPSA) is 103 Å². The predicted molar refractivity (Wildman–Crippen MR) is 159 cm³/mol. The zero-order valence-corrected chi connectivity index (χ0v) is 25.6. The van der Waals surface area contributed by atoms with E-state index in [0.717, 1.165) is 31.2 Å². The third-order valence-corrected chi connectivity index (χ3v) is 9.15. The molecular formula is C32H50FN5O3. The van der Waals surface area contributed by atoms with Crippen molar-refractivity contribution >= 4 is 17.7 Å². The van der Waals surface area contributed by atoms with Crippen LogP contribution < -0.4 is 21.3 Å². The predicted octanol–water partition coefficient (Wildman–Crippen LogP) is 3.30. The molecular weight excluding hydrogens is 521 g/mol. The SMILES string of the molecule is CC(C)(C)NC(=O)C1(C2CCCCC2)CCN(C(=O)[C@@H](Cc2ccc(F)cc2)NC(=O)C2CNC(C)(C)CN2)CC1. The van der Waals surface area contributed by atoms with Gasteiger partial charge in [-0.3, -0.25) is 14.4 Å². The van der Waals surface area contributed by atoms with Gasteiger partial charge in [0.05, 0.1) is 11.5 Å². The van der Waals surface area contributed by atoms with E-state index < -0.39 is 17.5 Å². The second-order valence-electron chi connectivity index (χ2n) is 14.1. The van der Waals surface area contributed by atoms with Gasteiger partial charge in [0.25, 0.3) is 0 Å². The molecule has 0 radical (unpaired) electrons. The van der Waals surface area contributed by atoms with Crippen molar-refractivity contribution < 1.29 is 18.8 Å². The van der Waals surface area contributed by atoms with Gasteiger partial charge in [0, 0.05) is 43.7 Å². The molecule has 1 unspecified atom stereocenters. The van der Waals surface area contributed by atoms with Crippen LogP contribution in [0.3, 0.4) is 0 Å². The summed E-state index contributed by atoms with van der Waals surface area (Å²) in [6, 6.07) is 4.84. The van der Waals surface area contributed by atoms with E-state index >= 15 is 0 Å². The Bertz CT molecular complexity index is 1060. The summed E-state index contributed by atoms with van der Waals surface area (Å²) in [4.78, 5) is 42.8. The van der Waals surface area contributed by atoms with E-state index in [4.69, 9.17) is 0 Å². The van der Waals surface area contributed by atoms with Crippen LogP contribution >= 0.6 is 0 Å². The third kappa shape index (κ3) is 8.07. The zero-order chi connectivity index (χ0) is 29.8. The molecule has 4 rings (SSSR count). The van der Waals surface area contributed by atoms with Crippen LogP contribution in [0.15, 0.2) is 24.3 Å². The molecule has 9 heteroatoms.